The Balaban J connectivity index is 1.66. The van der Waals surface area contributed by atoms with Crippen molar-refractivity contribution in [2.24, 2.45) is 17.6 Å². The smallest absolute Gasteiger partial charge is 0.258 e. The molecule has 0 unspecified atom stereocenters. The minimum absolute atomic E-state index is 0.107. The van der Waals surface area contributed by atoms with Crippen molar-refractivity contribution in [2.45, 2.75) is 45.1 Å². The zero-order valence-corrected chi connectivity index (χ0v) is 18.1. The molecule has 1 aromatic carbocycles. The Morgan fingerprint density at radius 2 is 1.94 bits per heavy atom. The van der Waals surface area contributed by atoms with Gasteiger partial charge in [0.05, 0.1) is 11.5 Å². The van der Waals surface area contributed by atoms with Gasteiger partial charge in [-0.1, -0.05) is 18.2 Å². The van der Waals surface area contributed by atoms with Gasteiger partial charge in [-0.05, 0) is 57.2 Å². The van der Waals surface area contributed by atoms with Gasteiger partial charge in [-0.15, -0.1) is 0 Å². The number of hydrogen-bond donors (Lipinski definition) is 1. The zero-order valence-electron chi connectivity index (χ0n) is 18.1. The van der Waals surface area contributed by atoms with E-state index in [-0.39, 0.29) is 18.4 Å². The van der Waals surface area contributed by atoms with Crippen LogP contribution in [0.3, 0.4) is 0 Å². The fraction of sp³-hybridized carbons (Fsp3) is 0.458. The lowest BCUT2D eigenvalue weighted by Gasteiger charge is -2.46. The zero-order chi connectivity index (χ0) is 22.1. The summed E-state index contributed by atoms with van der Waals surface area (Å²) in [5, 5.41) is 0. The number of likely N-dealkylation sites (tertiary alicyclic amines) is 1. The second-order valence-corrected chi connectivity index (χ2v) is 9.29. The predicted octanol–water partition coefficient (Wildman–Crippen LogP) is 2.75. The van der Waals surface area contributed by atoms with Crippen LogP contribution in [-0.4, -0.2) is 41.2 Å². The van der Waals surface area contributed by atoms with Gasteiger partial charge in [-0.3, -0.25) is 14.4 Å². The summed E-state index contributed by atoms with van der Waals surface area (Å²) in [6, 6.07) is 9.40. The Morgan fingerprint density at radius 1 is 1.23 bits per heavy atom. The summed E-state index contributed by atoms with van der Waals surface area (Å²) in [7, 11) is 0. The van der Waals surface area contributed by atoms with E-state index in [2.05, 4.69) is 0 Å². The molecule has 7 nitrogen and oxygen atoms in total. The van der Waals surface area contributed by atoms with Crippen molar-refractivity contribution in [1.82, 2.24) is 4.90 Å². The third kappa shape index (κ3) is 2.82. The van der Waals surface area contributed by atoms with Gasteiger partial charge in [0.2, 0.25) is 5.91 Å². The lowest BCUT2D eigenvalue weighted by atomic mass is 9.71. The summed E-state index contributed by atoms with van der Waals surface area (Å²) >= 11 is 0. The number of fused-ring (bicyclic) bond motifs is 3. The number of aryl methyl sites for hydroxylation is 2. The molecule has 2 fully saturated rings. The molecule has 3 aliphatic rings. The molecular formula is C24H27N3O4. The second kappa shape index (κ2) is 6.70. The number of nitrogens with zero attached hydrogens (tertiary/aromatic N) is 2. The number of furan rings is 1. The quantitative estimate of drug-likeness (QED) is 0.821. The van der Waals surface area contributed by atoms with Crippen LogP contribution in [-0.2, 0) is 9.59 Å². The molecule has 2 N–H and O–H groups in total. The molecule has 162 valence electrons. The average Bonchev–Trinajstić information content (AvgIpc) is 3.40. The van der Waals surface area contributed by atoms with Gasteiger partial charge in [0.25, 0.3) is 11.8 Å². The molecule has 7 heteroatoms. The lowest BCUT2D eigenvalue weighted by molar-refractivity contribution is -0.128. The van der Waals surface area contributed by atoms with E-state index in [0.717, 1.165) is 24.1 Å². The number of benzene rings is 1. The van der Waals surface area contributed by atoms with Crippen molar-refractivity contribution in [1.29, 1.82) is 0 Å². The minimum atomic E-state index is -1.20. The van der Waals surface area contributed by atoms with E-state index in [0.29, 0.717) is 29.5 Å². The van der Waals surface area contributed by atoms with Crippen LogP contribution in [0.15, 0.2) is 34.7 Å². The molecule has 1 saturated heterocycles. The molecule has 3 heterocycles. The molecule has 5 rings (SSSR count). The maximum absolute atomic E-state index is 14.0. The Labute approximate surface area is 181 Å². The van der Waals surface area contributed by atoms with Gasteiger partial charge in [0.1, 0.15) is 17.1 Å². The van der Waals surface area contributed by atoms with Crippen molar-refractivity contribution in [2.75, 3.05) is 18.0 Å². The van der Waals surface area contributed by atoms with Crippen LogP contribution in [0.1, 0.15) is 53.1 Å². The molecule has 0 spiro atoms. The summed E-state index contributed by atoms with van der Waals surface area (Å²) in [6.45, 7) is 6.05. The Kier molecular flexibility index (Phi) is 4.29. The predicted molar refractivity (Wildman–Crippen MR) is 115 cm³/mol. The van der Waals surface area contributed by atoms with E-state index < -0.39 is 23.3 Å². The molecule has 0 bridgehead atoms. The molecule has 1 saturated carbocycles. The molecule has 2 aliphatic heterocycles. The van der Waals surface area contributed by atoms with Gasteiger partial charge in [-0.25, -0.2) is 0 Å². The molecule has 2 aromatic rings. The first-order valence-corrected chi connectivity index (χ1v) is 10.8. The molecule has 3 amide bonds. The summed E-state index contributed by atoms with van der Waals surface area (Å²) in [4.78, 5) is 43.5. The normalized spacial score (nSPS) is 27.3. The monoisotopic (exact) mass is 421 g/mol. The highest BCUT2D eigenvalue weighted by Gasteiger charge is 2.63. The summed E-state index contributed by atoms with van der Waals surface area (Å²) < 4.78 is 5.57. The number of para-hydroxylation sites is 1. The number of carbonyl (C=O) groups excluding carboxylic acids is 3. The fourth-order valence-electron chi connectivity index (χ4n) is 5.47. The first kappa shape index (κ1) is 19.8. The van der Waals surface area contributed by atoms with Gasteiger partial charge in [0, 0.05) is 24.7 Å². The summed E-state index contributed by atoms with van der Waals surface area (Å²) in [5.74, 6) is -0.453. The van der Waals surface area contributed by atoms with Crippen LogP contribution in [0, 0.1) is 25.7 Å². The molecule has 1 aliphatic carbocycles. The van der Waals surface area contributed by atoms with Crippen LogP contribution in [0.2, 0.25) is 0 Å². The summed E-state index contributed by atoms with van der Waals surface area (Å²) in [6.07, 6.45) is 2.21. The number of primary amides is 1. The van der Waals surface area contributed by atoms with Crippen molar-refractivity contribution in [3.8, 4) is 0 Å². The molecule has 3 atom stereocenters. The van der Waals surface area contributed by atoms with Crippen LogP contribution in [0.25, 0.3) is 0 Å². The van der Waals surface area contributed by atoms with Crippen molar-refractivity contribution in [3.05, 3.63) is 53.0 Å². The third-order valence-electron chi connectivity index (χ3n) is 7.21. The summed E-state index contributed by atoms with van der Waals surface area (Å²) in [5.41, 5.74) is 6.77. The van der Waals surface area contributed by atoms with Crippen molar-refractivity contribution in [3.63, 3.8) is 0 Å². The molecule has 31 heavy (non-hydrogen) atoms. The largest absolute Gasteiger partial charge is 0.466 e. The Hall–Kier alpha value is -3.09. The number of carbonyl (C=O) groups is 3. The second-order valence-electron chi connectivity index (χ2n) is 9.29. The van der Waals surface area contributed by atoms with E-state index in [9.17, 15) is 14.4 Å². The average molecular weight is 421 g/mol. The Morgan fingerprint density at radius 3 is 2.55 bits per heavy atom. The SMILES string of the molecule is Cc1cc(C(=O)N2C[C@H](C(N)=O)[C@H]3c4ccccc4N(CC4CC4)C(=O)[C@]32C)c(C)o1. The van der Waals surface area contributed by atoms with Crippen molar-refractivity contribution >= 4 is 23.4 Å². The third-order valence-corrected chi connectivity index (χ3v) is 7.21. The number of nitrogens with two attached hydrogens (primary N) is 1. The van der Waals surface area contributed by atoms with Crippen LogP contribution in [0.5, 0.6) is 0 Å². The van der Waals surface area contributed by atoms with Crippen LogP contribution < -0.4 is 10.6 Å². The van der Waals surface area contributed by atoms with Crippen LogP contribution in [0.4, 0.5) is 5.69 Å². The lowest BCUT2D eigenvalue weighted by Crippen LogP contribution is -2.62. The van der Waals surface area contributed by atoms with E-state index in [4.69, 9.17) is 10.2 Å². The number of anilines is 1. The van der Waals surface area contributed by atoms with Gasteiger partial charge in [0.15, 0.2) is 0 Å². The van der Waals surface area contributed by atoms with Gasteiger partial charge >= 0.3 is 0 Å². The standard InChI is InChI=1S/C24H27N3O4/c1-13-10-17(14(2)31-13)22(29)27-12-18(21(25)28)20-16-6-4-5-7-19(16)26(11-15-8-9-15)23(30)24(20,27)3/h4-7,10,15,18,20H,8-9,11-12H2,1-3H3,(H2,25,28)/t18-,20+,24-/m0/s1. The first-order chi connectivity index (χ1) is 14.7. The first-order valence-electron chi connectivity index (χ1n) is 10.8. The highest BCUT2D eigenvalue weighted by Crippen LogP contribution is 2.53. The van der Waals surface area contributed by atoms with Gasteiger partial charge in [-0.2, -0.15) is 0 Å². The fourth-order valence-corrected chi connectivity index (χ4v) is 5.47. The number of hydrogen-bond acceptors (Lipinski definition) is 4. The van der Waals surface area contributed by atoms with E-state index in [1.165, 1.54) is 0 Å². The topological polar surface area (TPSA) is 96.9 Å². The minimum Gasteiger partial charge on any atom is -0.466 e. The number of rotatable bonds is 4. The number of amides is 3. The molecule has 1 aromatic heterocycles. The highest BCUT2D eigenvalue weighted by atomic mass is 16.3. The van der Waals surface area contributed by atoms with Crippen LogP contribution >= 0.6 is 0 Å². The maximum Gasteiger partial charge on any atom is 0.258 e. The van der Waals surface area contributed by atoms with E-state index >= 15 is 0 Å². The van der Waals surface area contributed by atoms with Gasteiger partial charge < -0.3 is 20.0 Å². The Bertz CT molecular complexity index is 1100. The maximum atomic E-state index is 14.0. The molecule has 0 radical (unpaired) electrons. The molecular weight excluding hydrogens is 394 g/mol. The van der Waals surface area contributed by atoms with Crippen molar-refractivity contribution < 1.29 is 18.8 Å². The highest BCUT2D eigenvalue weighted by molar-refractivity contribution is 6.09. The van der Waals surface area contributed by atoms with E-state index in [1.807, 2.05) is 29.2 Å². The van der Waals surface area contributed by atoms with E-state index in [1.54, 1.807) is 31.7 Å².